The summed E-state index contributed by atoms with van der Waals surface area (Å²) in [7, 11) is -6.99. The van der Waals surface area contributed by atoms with Crippen LogP contribution in [-0.4, -0.2) is 98.9 Å². The third-order valence-electron chi connectivity index (χ3n) is 9.45. The molecule has 3 saturated heterocycles. The van der Waals surface area contributed by atoms with Crippen LogP contribution in [0.2, 0.25) is 5.02 Å². The first-order valence-electron chi connectivity index (χ1n) is 15.2. The van der Waals surface area contributed by atoms with Gasteiger partial charge in [-0.05, 0) is 68.4 Å². The zero-order valence-corrected chi connectivity index (χ0v) is 27.8. The summed E-state index contributed by atoms with van der Waals surface area (Å²) in [6.07, 6.45) is 1.64. The molecule has 0 aliphatic carbocycles. The molecule has 0 aromatic heterocycles. The molecule has 2 aromatic carbocycles. The number of carbonyl (C=O) groups is 2. The molecule has 252 valence electrons. The van der Waals surface area contributed by atoms with Crippen molar-refractivity contribution in [1.82, 2.24) is 19.2 Å². The maximum atomic E-state index is 15.3. The topological polar surface area (TPSA) is 165 Å². The molecule has 5 rings (SSSR count). The third-order valence-corrected chi connectivity index (χ3v) is 13.0. The van der Waals surface area contributed by atoms with E-state index < -0.39 is 55.4 Å². The number of anilines is 1. The van der Waals surface area contributed by atoms with Gasteiger partial charge in [-0.3, -0.25) is 4.79 Å². The van der Waals surface area contributed by atoms with Crippen LogP contribution in [0.1, 0.15) is 43.2 Å². The molecule has 2 aromatic rings. The maximum Gasteiger partial charge on any atom is 0.405 e. The van der Waals surface area contributed by atoms with E-state index in [1.54, 1.807) is 24.3 Å². The number of hydrogen-bond acceptors (Lipinski definition) is 7. The maximum absolute atomic E-state index is 15.3. The predicted molar refractivity (Wildman–Crippen MR) is 172 cm³/mol. The number of carboxylic acid groups (broad SMARTS) is 1. The molecule has 0 saturated carbocycles. The van der Waals surface area contributed by atoms with Gasteiger partial charge in [0.05, 0.1) is 12.0 Å². The van der Waals surface area contributed by atoms with Crippen LogP contribution in [0.15, 0.2) is 42.5 Å². The average molecular weight is 700 g/mol. The Morgan fingerprint density at radius 1 is 1.17 bits per heavy atom. The lowest BCUT2D eigenvalue weighted by Gasteiger charge is -2.45. The van der Waals surface area contributed by atoms with E-state index in [0.29, 0.717) is 36.5 Å². The molecule has 12 nitrogen and oxygen atoms in total. The number of nitrogens with zero attached hydrogens (tertiary/aromatic N) is 2. The lowest BCUT2D eigenvalue weighted by molar-refractivity contribution is -0.120. The summed E-state index contributed by atoms with van der Waals surface area (Å²) in [6, 6.07) is 9.13. The van der Waals surface area contributed by atoms with Crippen LogP contribution in [0.25, 0.3) is 0 Å². The number of piperidine rings is 1. The van der Waals surface area contributed by atoms with E-state index in [2.05, 4.69) is 16.0 Å². The molecule has 0 radical (unpaired) electrons. The molecule has 3 heterocycles. The Labute approximate surface area is 273 Å². The fourth-order valence-corrected chi connectivity index (χ4v) is 9.79. The van der Waals surface area contributed by atoms with Crippen molar-refractivity contribution in [2.24, 2.45) is 0 Å². The smallest absolute Gasteiger partial charge is 0.405 e. The number of nitrogens with one attached hydrogen (secondary N) is 3. The first-order chi connectivity index (χ1) is 21.7. The molecule has 3 aliphatic rings. The molecule has 2 amide bonds. The van der Waals surface area contributed by atoms with E-state index in [1.807, 2.05) is 0 Å². The highest BCUT2D eigenvalue weighted by Crippen LogP contribution is 2.41. The van der Waals surface area contributed by atoms with Crippen molar-refractivity contribution in [3.8, 4) is 0 Å². The molecule has 2 bridgehead atoms. The number of fused-ring (bicyclic) bond motifs is 2. The molecular formula is C30H39ClFN5O7S2. The van der Waals surface area contributed by atoms with Crippen molar-refractivity contribution in [1.29, 1.82) is 0 Å². The fourth-order valence-electron chi connectivity index (χ4n) is 7.01. The van der Waals surface area contributed by atoms with Crippen LogP contribution < -0.4 is 16.0 Å². The molecule has 4 atom stereocenters. The van der Waals surface area contributed by atoms with Gasteiger partial charge in [0, 0.05) is 60.0 Å². The first-order valence-corrected chi connectivity index (χ1v) is 19.0. The number of rotatable bonds is 9. The monoisotopic (exact) mass is 699 g/mol. The molecule has 46 heavy (non-hydrogen) atoms. The van der Waals surface area contributed by atoms with Gasteiger partial charge < -0.3 is 21.1 Å². The van der Waals surface area contributed by atoms with Crippen molar-refractivity contribution in [2.75, 3.05) is 43.5 Å². The molecule has 0 spiro atoms. The summed E-state index contributed by atoms with van der Waals surface area (Å²) in [6.45, 7) is 0.888. The summed E-state index contributed by atoms with van der Waals surface area (Å²) < 4.78 is 68.6. The summed E-state index contributed by atoms with van der Waals surface area (Å²) in [5.41, 5.74) is -0.248. The number of piperazine rings is 1. The van der Waals surface area contributed by atoms with Crippen molar-refractivity contribution in [3.05, 3.63) is 64.4 Å². The summed E-state index contributed by atoms with van der Waals surface area (Å²) in [4.78, 5) is 26.2. The highest BCUT2D eigenvalue weighted by Gasteiger charge is 2.48. The highest BCUT2D eigenvalue weighted by atomic mass is 35.5. The van der Waals surface area contributed by atoms with Gasteiger partial charge >= 0.3 is 6.09 Å². The minimum absolute atomic E-state index is 0.0491. The molecule has 1 unspecified atom stereocenters. The highest BCUT2D eigenvalue weighted by molar-refractivity contribution is 7.89. The van der Waals surface area contributed by atoms with E-state index in [0.717, 1.165) is 12.7 Å². The second-order valence-corrected chi connectivity index (χ2v) is 16.7. The Kier molecular flexibility index (Phi) is 10.3. The van der Waals surface area contributed by atoms with Gasteiger partial charge in [-0.25, -0.2) is 30.3 Å². The minimum atomic E-state index is -3.54. The van der Waals surface area contributed by atoms with Crippen molar-refractivity contribution >= 4 is 49.3 Å². The van der Waals surface area contributed by atoms with Gasteiger partial charge in [0.15, 0.2) is 0 Å². The second kappa shape index (κ2) is 13.7. The number of hydrogen-bond donors (Lipinski definition) is 4. The van der Waals surface area contributed by atoms with Gasteiger partial charge in [0.1, 0.15) is 11.9 Å². The standard InChI is InChI=1S/C30H39ClFN5O7S2/c1-45(41,42)36-15-13-30(14-16-36,20-7-9-21(31)10-8-20)27(35-29(39)40)28(38)34-26-6-2-5-25(32)24(26)12-11-23-18-33-22-4-3-17-46(43,44)37(23)19-22/h2,5-10,22-23,27,33,35H,3-4,11-19H2,1H3,(H,34,38)(H,39,40)/t22-,23+,27-/m1/s1. The van der Waals surface area contributed by atoms with Crippen LogP contribution in [0, 0.1) is 5.82 Å². The van der Waals surface area contributed by atoms with Crippen LogP contribution in [0.5, 0.6) is 0 Å². The number of sulfonamides is 2. The largest absolute Gasteiger partial charge is 0.465 e. The summed E-state index contributed by atoms with van der Waals surface area (Å²) >= 11 is 6.13. The van der Waals surface area contributed by atoms with Crippen molar-refractivity contribution in [2.45, 2.75) is 62.1 Å². The van der Waals surface area contributed by atoms with E-state index in [4.69, 9.17) is 11.6 Å². The van der Waals surface area contributed by atoms with Gasteiger partial charge in [0.2, 0.25) is 26.0 Å². The number of halogens is 2. The number of benzene rings is 2. The molecule has 4 N–H and O–H groups in total. The molecular weight excluding hydrogens is 661 g/mol. The minimum Gasteiger partial charge on any atom is -0.465 e. The number of amides is 2. The van der Waals surface area contributed by atoms with Crippen molar-refractivity contribution < 1.29 is 35.9 Å². The molecule has 3 aliphatic heterocycles. The SMILES string of the molecule is CS(=O)(=O)N1CCC(c2ccc(Cl)cc2)([C@H](NC(=O)O)C(=O)Nc2cccc(F)c2CC[C@H]2CN[C@@H]3CCCS(=O)(=O)N2C3)CC1. The van der Waals surface area contributed by atoms with Gasteiger partial charge in [0.25, 0.3) is 0 Å². The normalized spacial score (nSPS) is 25.2. The predicted octanol–water partition coefficient (Wildman–Crippen LogP) is 2.75. The Balaban J connectivity index is 1.43. The third kappa shape index (κ3) is 7.50. The molecule has 16 heteroatoms. The summed E-state index contributed by atoms with van der Waals surface area (Å²) in [5, 5.41) is 18.8. The van der Waals surface area contributed by atoms with Gasteiger partial charge in [-0.2, -0.15) is 4.31 Å². The fraction of sp³-hybridized carbons (Fsp3) is 0.533. The van der Waals surface area contributed by atoms with Gasteiger partial charge in [-0.1, -0.05) is 29.8 Å². The van der Waals surface area contributed by atoms with Crippen LogP contribution in [-0.2, 0) is 36.7 Å². The quantitative estimate of drug-likeness (QED) is 0.310. The van der Waals surface area contributed by atoms with Crippen LogP contribution >= 0.6 is 11.6 Å². The van der Waals surface area contributed by atoms with E-state index in [9.17, 15) is 31.5 Å². The Morgan fingerprint density at radius 2 is 1.87 bits per heavy atom. The Morgan fingerprint density at radius 3 is 2.52 bits per heavy atom. The second-order valence-electron chi connectivity index (χ2n) is 12.3. The van der Waals surface area contributed by atoms with E-state index in [1.165, 1.54) is 26.8 Å². The zero-order valence-electron chi connectivity index (χ0n) is 25.4. The Hall–Kier alpha value is -2.82. The molecule has 3 fully saturated rings. The van der Waals surface area contributed by atoms with Gasteiger partial charge in [-0.15, -0.1) is 0 Å². The Bertz CT molecular complexity index is 1670. The first kappa shape index (κ1) is 34.5. The average Bonchev–Trinajstić information content (AvgIpc) is 3.11. The lowest BCUT2D eigenvalue weighted by Crippen LogP contribution is -2.60. The van der Waals surface area contributed by atoms with Crippen LogP contribution in [0.3, 0.4) is 0 Å². The van der Waals surface area contributed by atoms with E-state index >= 15 is 4.39 Å². The number of carbonyl (C=O) groups excluding carboxylic acids is 1. The van der Waals surface area contributed by atoms with E-state index in [-0.39, 0.29) is 55.4 Å². The lowest BCUT2D eigenvalue weighted by atomic mass is 9.67. The van der Waals surface area contributed by atoms with Crippen molar-refractivity contribution in [3.63, 3.8) is 0 Å². The summed E-state index contributed by atoms with van der Waals surface area (Å²) in [5.74, 6) is -1.26. The van der Waals surface area contributed by atoms with Crippen LogP contribution in [0.4, 0.5) is 14.9 Å². The zero-order chi connectivity index (χ0) is 33.3.